The summed E-state index contributed by atoms with van der Waals surface area (Å²) in [6.45, 7) is 0. The van der Waals surface area contributed by atoms with Crippen LogP contribution in [0.5, 0.6) is 0 Å². The zero-order chi connectivity index (χ0) is 23.8. The van der Waals surface area contributed by atoms with E-state index in [-0.39, 0.29) is 12.5 Å². The predicted molar refractivity (Wildman–Crippen MR) is 127 cm³/mol. The Morgan fingerprint density at radius 2 is 1.24 bits per heavy atom. The molecule has 0 radical (unpaired) electrons. The van der Waals surface area contributed by atoms with E-state index in [1.807, 2.05) is 66.7 Å². The van der Waals surface area contributed by atoms with E-state index >= 15 is 0 Å². The van der Waals surface area contributed by atoms with Crippen LogP contribution in [0, 0.1) is 5.41 Å². The van der Waals surface area contributed by atoms with Crippen molar-refractivity contribution in [1.82, 2.24) is 10.4 Å². The van der Waals surface area contributed by atoms with E-state index in [2.05, 4.69) is 34.7 Å². The Kier molecular flexibility index (Phi) is 5.71. The minimum Gasteiger partial charge on any atom is -0.468 e. The second-order valence-corrected chi connectivity index (χ2v) is 8.96. The summed E-state index contributed by atoms with van der Waals surface area (Å²) in [4.78, 5) is 26.7. The number of rotatable bonds is 5. The highest BCUT2D eigenvalue weighted by atomic mass is 16.5. The zero-order valence-electron chi connectivity index (χ0n) is 19.3. The van der Waals surface area contributed by atoms with Gasteiger partial charge in [0.2, 0.25) is 0 Å². The lowest BCUT2D eigenvalue weighted by Crippen LogP contribution is -2.49. The van der Waals surface area contributed by atoms with Gasteiger partial charge in [0.05, 0.1) is 31.8 Å². The minimum atomic E-state index is -1.46. The number of ether oxygens (including phenoxy) is 2. The van der Waals surface area contributed by atoms with Gasteiger partial charge in [-0.1, -0.05) is 91.0 Å². The Morgan fingerprint density at radius 3 is 1.71 bits per heavy atom. The first kappa shape index (κ1) is 22.3. The monoisotopic (exact) mass is 456 g/mol. The maximum absolute atomic E-state index is 13.4. The lowest BCUT2D eigenvalue weighted by Gasteiger charge is -2.35. The van der Waals surface area contributed by atoms with Crippen LogP contribution in [0.4, 0.5) is 0 Å². The molecule has 174 valence electrons. The number of nitrogens with zero attached hydrogens (tertiary/aromatic N) is 1. The zero-order valence-corrected chi connectivity index (χ0v) is 19.3. The fourth-order valence-corrected chi connectivity index (χ4v) is 5.80. The van der Waals surface area contributed by atoms with Crippen LogP contribution < -0.4 is 5.43 Å². The van der Waals surface area contributed by atoms with Crippen molar-refractivity contribution in [2.24, 2.45) is 5.41 Å². The predicted octanol–water partition coefficient (Wildman–Crippen LogP) is 3.99. The lowest BCUT2D eigenvalue weighted by atomic mass is 9.71. The van der Waals surface area contributed by atoms with Crippen molar-refractivity contribution in [2.45, 2.75) is 30.5 Å². The number of esters is 2. The maximum atomic E-state index is 13.4. The molecule has 2 aliphatic rings. The van der Waals surface area contributed by atoms with Crippen LogP contribution in [0.1, 0.15) is 35.6 Å². The van der Waals surface area contributed by atoms with Crippen LogP contribution in [0.15, 0.2) is 91.0 Å². The van der Waals surface area contributed by atoms with E-state index < -0.39 is 28.9 Å². The summed E-state index contributed by atoms with van der Waals surface area (Å²) >= 11 is 0. The average molecular weight is 457 g/mol. The quantitative estimate of drug-likeness (QED) is 0.463. The van der Waals surface area contributed by atoms with Crippen LogP contribution in [0.3, 0.4) is 0 Å². The molecule has 2 atom stereocenters. The molecule has 2 aliphatic heterocycles. The molecule has 6 heteroatoms. The van der Waals surface area contributed by atoms with Crippen molar-refractivity contribution in [3.63, 3.8) is 0 Å². The van der Waals surface area contributed by atoms with Gasteiger partial charge in [-0.15, -0.1) is 0 Å². The molecule has 0 unspecified atom stereocenters. The first-order valence-electron chi connectivity index (χ1n) is 11.5. The molecular formula is C28H28N2O4. The fourth-order valence-electron chi connectivity index (χ4n) is 5.80. The normalized spacial score (nSPS) is 22.6. The number of hydrazine groups is 1. The van der Waals surface area contributed by atoms with E-state index in [0.717, 1.165) is 16.7 Å². The molecule has 0 amide bonds. The molecule has 0 saturated carbocycles. The number of carbonyl (C=O) groups is 2. The first-order valence-corrected chi connectivity index (χ1v) is 11.5. The Bertz CT molecular complexity index is 1110. The molecular weight excluding hydrogens is 428 g/mol. The molecule has 0 aromatic heterocycles. The van der Waals surface area contributed by atoms with Crippen molar-refractivity contribution in [3.8, 4) is 0 Å². The number of methoxy groups -OCH3 is 2. The van der Waals surface area contributed by atoms with Crippen molar-refractivity contribution >= 4 is 11.9 Å². The molecule has 1 N–H and O–H groups in total. The summed E-state index contributed by atoms with van der Waals surface area (Å²) in [5.74, 6) is -1.13. The van der Waals surface area contributed by atoms with E-state index in [4.69, 9.17) is 9.47 Å². The number of nitrogens with one attached hydrogen (secondary N) is 1. The molecule has 6 nitrogen and oxygen atoms in total. The van der Waals surface area contributed by atoms with Gasteiger partial charge in [-0.3, -0.25) is 9.59 Å². The third kappa shape index (κ3) is 3.25. The highest BCUT2D eigenvalue weighted by Crippen LogP contribution is 2.56. The topological polar surface area (TPSA) is 67.9 Å². The summed E-state index contributed by atoms with van der Waals surface area (Å²) in [7, 11) is 2.66. The van der Waals surface area contributed by atoms with Gasteiger partial charge in [-0.05, 0) is 29.5 Å². The SMILES string of the molecule is COC(=O)C1(C(=O)OC)C[C@@H](c2ccccc2)N2NC(c3ccccc3)(c3ccccc3)C[C@@H]21. The molecule has 2 saturated heterocycles. The summed E-state index contributed by atoms with van der Waals surface area (Å²) in [6.07, 6.45) is 0.766. The smallest absolute Gasteiger partial charge is 0.324 e. The number of benzene rings is 3. The minimum absolute atomic E-state index is 0.223. The third-order valence-electron chi connectivity index (χ3n) is 7.39. The molecule has 0 spiro atoms. The molecule has 3 aromatic rings. The highest BCUT2D eigenvalue weighted by molar-refractivity contribution is 6.01. The van der Waals surface area contributed by atoms with Gasteiger partial charge in [-0.25, -0.2) is 10.4 Å². The Hall–Kier alpha value is -3.48. The van der Waals surface area contributed by atoms with Crippen molar-refractivity contribution in [1.29, 1.82) is 0 Å². The fraction of sp³-hybridized carbons (Fsp3) is 0.286. The number of carbonyl (C=O) groups excluding carboxylic acids is 2. The highest BCUT2D eigenvalue weighted by Gasteiger charge is 2.68. The molecule has 0 bridgehead atoms. The van der Waals surface area contributed by atoms with Gasteiger partial charge in [0.25, 0.3) is 0 Å². The van der Waals surface area contributed by atoms with Gasteiger partial charge in [0.15, 0.2) is 5.41 Å². The largest absolute Gasteiger partial charge is 0.468 e. The molecule has 0 aliphatic carbocycles. The van der Waals surface area contributed by atoms with E-state index in [1.165, 1.54) is 14.2 Å². The molecule has 5 rings (SSSR count). The van der Waals surface area contributed by atoms with E-state index in [9.17, 15) is 9.59 Å². The van der Waals surface area contributed by atoms with E-state index in [0.29, 0.717) is 6.42 Å². The van der Waals surface area contributed by atoms with Crippen LogP contribution in [0.25, 0.3) is 0 Å². The second-order valence-electron chi connectivity index (χ2n) is 8.96. The van der Waals surface area contributed by atoms with Crippen molar-refractivity contribution < 1.29 is 19.1 Å². The van der Waals surface area contributed by atoms with Crippen LogP contribution in [-0.4, -0.2) is 37.2 Å². The van der Waals surface area contributed by atoms with Gasteiger partial charge >= 0.3 is 11.9 Å². The molecule has 34 heavy (non-hydrogen) atoms. The summed E-state index contributed by atoms with van der Waals surface area (Å²) < 4.78 is 10.5. The maximum Gasteiger partial charge on any atom is 0.324 e. The van der Waals surface area contributed by atoms with E-state index in [1.54, 1.807) is 0 Å². The third-order valence-corrected chi connectivity index (χ3v) is 7.39. The number of hydrogen-bond acceptors (Lipinski definition) is 6. The Labute approximate surface area is 199 Å². The Morgan fingerprint density at radius 1 is 0.765 bits per heavy atom. The van der Waals surface area contributed by atoms with Gasteiger partial charge in [0.1, 0.15) is 0 Å². The summed E-state index contributed by atoms with van der Waals surface area (Å²) in [5.41, 5.74) is 4.83. The summed E-state index contributed by atoms with van der Waals surface area (Å²) in [6, 6.07) is 29.6. The molecule has 3 aromatic carbocycles. The van der Waals surface area contributed by atoms with Gasteiger partial charge in [0, 0.05) is 0 Å². The van der Waals surface area contributed by atoms with Gasteiger partial charge in [-0.2, -0.15) is 0 Å². The van der Waals surface area contributed by atoms with Crippen molar-refractivity contribution in [2.75, 3.05) is 14.2 Å². The molecule has 2 fully saturated rings. The summed E-state index contributed by atoms with van der Waals surface area (Å²) in [5, 5.41) is 2.09. The standard InChI is InChI=1S/C28H28N2O4/c1-33-25(31)27(26(32)34-2)18-23(20-12-6-3-7-13-20)30-24(27)19-28(29-30,21-14-8-4-9-15-21)22-16-10-5-11-17-22/h3-17,23-24,29H,18-19H2,1-2H3/t23-,24+/m0/s1. The Balaban J connectivity index is 1.72. The van der Waals surface area contributed by atoms with Crippen molar-refractivity contribution in [3.05, 3.63) is 108 Å². The average Bonchev–Trinajstić information content (AvgIpc) is 3.46. The van der Waals surface area contributed by atoms with Gasteiger partial charge < -0.3 is 9.47 Å². The van der Waals surface area contributed by atoms with Crippen LogP contribution >= 0.6 is 0 Å². The second kappa shape index (κ2) is 8.70. The lowest BCUT2D eigenvalue weighted by molar-refractivity contribution is -0.170. The first-order chi connectivity index (χ1) is 16.6. The number of hydrogen-bond donors (Lipinski definition) is 1. The van der Waals surface area contributed by atoms with Crippen LogP contribution in [-0.2, 0) is 24.6 Å². The van der Waals surface area contributed by atoms with Crippen LogP contribution in [0.2, 0.25) is 0 Å². The number of fused-ring (bicyclic) bond motifs is 1. The molecule has 2 heterocycles.